The number of hydrogen-bond donors (Lipinski definition) is 2. The first kappa shape index (κ1) is 14.9. The molecule has 0 saturated carbocycles. The van der Waals surface area contributed by atoms with Crippen molar-refractivity contribution in [1.82, 2.24) is 0 Å². The molecule has 0 radical (unpaired) electrons. The Hall–Kier alpha value is -1.14. The first-order valence-corrected chi connectivity index (χ1v) is 5.69. The lowest BCUT2D eigenvalue weighted by molar-refractivity contribution is -0.138. The van der Waals surface area contributed by atoms with Crippen LogP contribution in [0.4, 0.5) is 17.6 Å². The Labute approximate surface area is 103 Å². The van der Waals surface area contributed by atoms with E-state index in [2.05, 4.69) is 0 Å². The van der Waals surface area contributed by atoms with E-state index in [1.807, 2.05) is 0 Å². The Morgan fingerprint density at radius 3 is 2.39 bits per heavy atom. The monoisotopic (exact) mass is 264 g/mol. The zero-order valence-corrected chi connectivity index (χ0v) is 9.80. The van der Waals surface area contributed by atoms with Gasteiger partial charge in [0.2, 0.25) is 0 Å². The zero-order chi connectivity index (χ0) is 13.8. The second-order valence-corrected chi connectivity index (χ2v) is 4.09. The molecular weight excluding hydrogens is 248 g/mol. The maximum atomic E-state index is 13.5. The quantitative estimate of drug-likeness (QED) is 0.634. The van der Waals surface area contributed by atoms with E-state index in [0.29, 0.717) is 19.4 Å². The summed E-state index contributed by atoms with van der Waals surface area (Å²) in [6, 6.07) is 1.91. The topological polar surface area (TPSA) is 52.0 Å². The van der Waals surface area contributed by atoms with E-state index in [1.165, 1.54) is 0 Å². The number of rotatable bonds is 5. The van der Waals surface area contributed by atoms with Gasteiger partial charge in [0.25, 0.3) is 0 Å². The van der Waals surface area contributed by atoms with Crippen LogP contribution < -0.4 is 11.5 Å². The van der Waals surface area contributed by atoms with E-state index in [9.17, 15) is 17.6 Å². The van der Waals surface area contributed by atoms with E-state index < -0.39 is 29.2 Å². The molecule has 0 saturated heterocycles. The Morgan fingerprint density at radius 1 is 1.17 bits per heavy atom. The third-order valence-electron chi connectivity index (χ3n) is 2.70. The lowest BCUT2D eigenvalue weighted by Crippen LogP contribution is -2.19. The summed E-state index contributed by atoms with van der Waals surface area (Å²) in [4.78, 5) is 0. The van der Waals surface area contributed by atoms with E-state index >= 15 is 0 Å². The van der Waals surface area contributed by atoms with Crippen molar-refractivity contribution in [1.29, 1.82) is 0 Å². The fraction of sp³-hybridized carbons (Fsp3) is 0.500. The van der Waals surface area contributed by atoms with Crippen LogP contribution in [-0.4, -0.2) is 6.54 Å². The van der Waals surface area contributed by atoms with Gasteiger partial charge >= 0.3 is 6.18 Å². The number of unbranched alkanes of at least 4 members (excludes halogenated alkanes) is 1. The van der Waals surface area contributed by atoms with Crippen molar-refractivity contribution in [2.45, 2.75) is 31.5 Å². The van der Waals surface area contributed by atoms with Crippen molar-refractivity contribution in [3.8, 4) is 0 Å². The van der Waals surface area contributed by atoms with E-state index in [1.54, 1.807) is 0 Å². The van der Waals surface area contributed by atoms with Crippen molar-refractivity contribution in [3.05, 3.63) is 35.1 Å². The summed E-state index contributed by atoms with van der Waals surface area (Å²) in [5.74, 6) is -0.912. The minimum absolute atomic E-state index is 0.279. The first-order valence-electron chi connectivity index (χ1n) is 5.69. The molecule has 6 heteroatoms. The van der Waals surface area contributed by atoms with E-state index in [0.717, 1.165) is 18.2 Å². The van der Waals surface area contributed by atoms with Gasteiger partial charge in [-0.25, -0.2) is 4.39 Å². The molecule has 0 unspecified atom stereocenters. The van der Waals surface area contributed by atoms with Crippen molar-refractivity contribution in [2.24, 2.45) is 11.5 Å². The molecule has 18 heavy (non-hydrogen) atoms. The maximum Gasteiger partial charge on any atom is 0.416 e. The van der Waals surface area contributed by atoms with Gasteiger partial charge in [-0.2, -0.15) is 13.2 Å². The molecule has 0 spiro atoms. The maximum absolute atomic E-state index is 13.5. The highest BCUT2D eigenvalue weighted by Gasteiger charge is 2.35. The van der Waals surface area contributed by atoms with Crippen LogP contribution in [0, 0.1) is 5.82 Å². The molecule has 0 heterocycles. The van der Waals surface area contributed by atoms with Crippen LogP contribution >= 0.6 is 0 Å². The van der Waals surface area contributed by atoms with Gasteiger partial charge in [0.1, 0.15) is 5.82 Å². The predicted octanol–water partition coefficient (Wildman–Crippen LogP) is 2.97. The molecule has 0 bridgehead atoms. The molecule has 0 aliphatic carbocycles. The number of alkyl halides is 3. The number of benzene rings is 1. The van der Waals surface area contributed by atoms with Crippen LogP contribution in [0.2, 0.25) is 0 Å². The largest absolute Gasteiger partial charge is 0.416 e. The number of hydrogen-bond acceptors (Lipinski definition) is 2. The van der Waals surface area contributed by atoms with Crippen LogP contribution in [0.1, 0.15) is 36.4 Å². The highest BCUT2D eigenvalue weighted by atomic mass is 19.4. The summed E-state index contributed by atoms with van der Waals surface area (Å²) >= 11 is 0. The summed E-state index contributed by atoms with van der Waals surface area (Å²) in [7, 11) is 0. The van der Waals surface area contributed by atoms with Crippen molar-refractivity contribution >= 4 is 0 Å². The highest BCUT2D eigenvalue weighted by Crippen LogP contribution is 2.36. The molecule has 0 aliphatic rings. The van der Waals surface area contributed by atoms with Gasteiger partial charge in [-0.15, -0.1) is 0 Å². The molecule has 0 aromatic heterocycles. The molecule has 1 rings (SSSR count). The van der Waals surface area contributed by atoms with Gasteiger partial charge in [0.15, 0.2) is 0 Å². The average Bonchev–Trinajstić information content (AvgIpc) is 2.27. The minimum Gasteiger partial charge on any atom is -0.330 e. The highest BCUT2D eigenvalue weighted by molar-refractivity contribution is 5.33. The average molecular weight is 264 g/mol. The van der Waals surface area contributed by atoms with Gasteiger partial charge < -0.3 is 11.5 Å². The van der Waals surface area contributed by atoms with Gasteiger partial charge in [0, 0.05) is 11.6 Å². The van der Waals surface area contributed by atoms with Crippen molar-refractivity contribution in [2.75, 3.05) is 6.54 Å². The normalized spacial score (nSPS) is 13.7. The Morgan fingerprint density at radius 2 is 1.83 bits per heavy atom. The molecule has 4 N–H and O–H groups in total. The third kappa shape index (κ3) is 3.68. The number of halogens is 4. The van der Waals surface area contributed by atoms with Crippen LogP contribution in [0.15, 0.2) is 18.2 Å². The first-order chi connectivity index (χ1) is 8.38. The summed E-state index contributed by atoms with van der Waals surface area (Å²) in [5.41, 5.74) is 9.49. The molecule has 0 fully saturated rings. The fourth-order valence-corrected chi connectivity index (χ4v) is 1.81. The summed E-state index contributed by atoms with van der Waals surface area (Å²) in [5, 5.41) is 0. The van der Waals surface area contributed by atoms with Crippen LogP contribution in [-0.2, 0) is 6.18 Å². The summed E-state index contributed by atoms with van der Waals surface area (Å²) in [6.07, 6.45) is -3.09. The molecule has 1 aromatic carbocycles. The van der Waals surface area contributed by atoms with Crippen molar-refractivity contribution in [3.63, 3.8) is 0 Å². The summed E-state index contributed by atoms with van der Waals surface area (Å²) in [6.45, 7) is 0.441. The zero-order valence-electron chi connectivity index (χ0n) is 9.80. The molecule has 1 atom stereocenters. The lowest BCUT2D eigenvalue weighted by atomic mass is 9.96. The van der Waals surface area contributed by atoms with E-state index in [4.69, 9.17) is 11.5 Å². The third-order valence-corrected chi connectivity index (χ3v) is 2.70. The van der Waals surface area contributed by atoms with Crippen LogP contribution in [0.25, 0.3) is 0 Å². The fourth-order valence-electron chi connectivity index (χ4n) is 1.81. The van der Waals surface area contributed by atoms with E-state index in [-0.39, 0.29) is 6.42 Å². The smallest absolute Gasteiger partial charge is 0.330 e. The standard InChI is InChI=1S/C12H16F4N2/c13-9-5-3-4-8(12(14,15)16)11(9)10(18)6-1-2-7-17/h3-5,10H,1-2,6-7,17-18H2/t10-/m0/s1. The SMILES string of the molecule is NCCCC[C@H](N)c1c(F)cccc1C(F)(F)F. The van der Waals surface area contributed by atoms with Gasteiger partial charge in [-0.05, 0) is 31.5 Å². The Kier molecular flexibility index (Phi) is 5.10. The molecular formula is C12H16F4N2. The van der Waals surface area contributed by atoms with Crippen LogP contribution in [0.5, 0.6) is 0 Å². The molecule has 1 aromatic rings. The second-order valence-electron chi connectivity index (χ2n) is 4.09. The molecule has 0 amide bonds. The number of nitrogens with two attached hydrogens (primary N) is 2. The predicted molar refractivity (Wildman–Crippen MR) is 61.2 cm³/mol. The Balaban J connectivity index is 2.99. The molecule has 2 nitrogen and oxygen atoms in total. The minimum atomic E-state index is -4.59. The second kappa shape index (κ2) is 6.15. The van der Waals surface area contributed by atoms with Gasteiger partial charge in [0.05, 0.1) is 5.56 Å². The van der Waals surface area contributed by atoms with Gasteiger partial charge in [-0.1, -0.05) is 12.5 Å². The van der Waals surface area contributed by atoms with Crippen LogP contribution in [0.3, 0.4) is 0 Å². The Bertz CT molecular complexity index is 390. The summed E-state index contributed by atoms with van der Waals surface area (Å²) < 4.78 is 51.7. The van der Waals surface area contributed by atoms with Crippen molar-refractivity contribution < 1.29 is 17.6 Å². The molecule has 0 aliphatic heterocycles. The van der Waals surface area contributed by atoms with Gasteiger partial charge in [-0.3, -0.25) is 0 Å². The lowest BCUT2D eigenvalue weighted by Gasteiger charge is -2.18. The molecule has 102 valence electrons.